The number of likely N-dealkylation sites (tertiary alicyclic amines) is 1. The van der Waals surface area contributed by atoms with Crippen molar-refractivity contribution in [3.05, 3.63) is 65.9 Å². The van der Waals surface area contributed by atoms with Gasteiger partial charge in [-0.3, -0.25) is 14.6 Å². The summed E-state index contributed by atoms with van der Waals surface area (Å²) < 4.78 is 32.5. The number of nitrogens with zero attached hydrogens (tertiary/aromatic N) is 2. The first-order valence-electron chi connectivity index (χ1n) is 11.8. The Balaban J connectivity index is 1.34. The zero-order chi connectivity index (χ0) is 25.7. The van der Waals surface area contributed by atoms with E-state index in [1.54, 1.807) is 31.5 Å². The first-order chi connectivity index (χ1) is 17.4. The van der Waals surface area contributed by atoms with Gasteiger partial charge >= 0.3 is 5.97 Å². The van der Waals surface area contributed by atoms with Gasteiger partial charge in [0.15, 0.2) is 5.78 Å². The second-order valence-electron chi connectivity index (χ2n) is 8.92. The predicted octanol–water partition coefficient (Wildman–Crippen LogP) is 5.30. The number of hydrogen-bond donors (Lipinski definition) is 1. The number of aliphatic carboxylic acids is 1. The number of carboxylic acids is 1. The standard InChI is InChI=1S/C27H28F2N2O4S/c1-35-19-4-6-24-21(15-19)20(8-10-30-24)25(32)7-2-17-9-11-31(16-22(17)27(33)34)12-13-36-26-14-18(28)3-5-23(26)29/h3-6,8,10,14-15,17,22H,2,7,9,11-13,16H2,1H3,(H,33,34)/t17-,22+/m0/s1. The third kappa shape index (κ3) is 6.20. The predicted molar refractivity (Wildman–Crippen MR) is 135 cm³/mol. The molecule has 0 spiro atoms. The van der Waals surface area contributed by atoms with Gasteiger partial charge in [0.2, 0.25) is 0 Å². The molecule has 0 aliphatic carbocycles. The van der Waals surface area contributed by atoms with E-state index in [9.17, 15) is 23.5 Å². The van der Waals surface area contributed by atoms with Crippen LogP contribution in [0.1, 0.15) is 29.6 Å². The molecule has 1 aliphatic heterocycles. The molecule has 6 nitrogen and oxygen atoms in total. The summed E-state index contributed by atoms with van der Waals surface area (Å²) in [5, 5.41) is 10.6. The van der Waals surface area contributed by atoms with Crippen molar-refractivity contribution >= 4 is 34.4 Å². The number of ether oxygens (including phenoxy) is 1. The van der Waals surface area contributed by atoms with Crippen LogP contribution in [0.4, 0.5) is 8.78 Å². The van der Waals surface area contributed by atoms with Gasteiger partial charge in [-0.1, -0.05) is 0 Å². The second kappa shape index (κ2) is 11.8. The fourth-order valence-corrected chi connectivity index (χ4v) is 5.69. The van der Waals surface area contributed by atoms with Crippen molar-refractivity contribution in [1.82, 2.24) is 9.88 Å². The smallest absolute Gasteiger partial charge is 0.308 e. The molecule has 0 radical (unpaired) electrons. The number of piperidine rings is 1. The van der Waals surface area contributed by atoms with E-state index in [0.29, 0.717) is 55.1 Å². The largest absolute Gasteiger partial charge is 0.497 e. The van der Waals surface area contributed by atoms with Gasteiger partial charge in [0.05, 0.1) is 18.5 Å². The highest BCUT2D eigenvalue weighted by molar-refractivity contribution is 7.99. The molecule has 0 amide bonds. The molecule has 2 heterocycles. The van der Waals surface area contributed by atoms with Gasteiger partial charge in [-0.25, -0.2) is 8.78 Å². The molecule has 3 aromatic rings. The van der Waals surface area contributed by atoms with E-state index >= 15 is 0 Å². The average molecular weight is 515 g/mol. The first kappa shape index (κ1) is 26.0. The van der Waals surface area contributed by atoms with Crippen molar-refractivity contribution in [2.45, 2.75) is 24.2 Å². The second-order valence-corrected chi connectivity index (χ2v) is 10.1. The van der Waals surface area contributed by atoms with Gasteiger partial charge < -0.3 is 14.7 Å². The van der Waals surface area contributed by atoms with Crippen molar-refractivity contribution in [1.29, 1.82) is 0 Å². The zero-order valence-corrected chi connectivity index (χ0v) is 20.8. The minimum absolute atomic E-state index is 0.0456. The molecule has 1 aromatic heterocycles. The van der Waals surface area contributed by atoms with E-state index in [1.807, 2.05) is 11.0 Å². The third-order valence-corrected chi connectivity index (χ3v) is 7.72. The minimum atomic E-state index is -0.875. The number of rotatable bonds is 10. The number of thioether (sulfide) groups is 1. The molecule has 0 bridgehead atoms. The van der Waals surface area contributed by atoms with Crippen LogP contribution in [0.25, 0.3) is 10.9 Å². The molecule has 1 saturated heterocycles. The van der Waals surface area contributed by atoms with E-state index < -0.39 is 23.5 Å². The summed E-state index contributed by atoms with van der Waals surface area (Å²) in [6.45, 7) is 1.64. The Morgan fingerprint density at radius 1 is 1.19 bits per heavy atom. The molecule has 190 valence electrons. The Morgan fingerprint density at radius 3 is 2.81 bits per heavy atom. The number of fused-ring (bicyclic) bond motifs is 1. The Bertz CT molecular complexity index is 1260. The van der Waals surface area contributed by atoms with E-state index in [0.717, 1.165) is 17.5 Å². The highest BCUT2D eigenvalue weighted by Gasteiger charge is 2.34. The minimum Gasteiger partial charge on any atom is -0.497 e. The highest BCUT2D eigenvalue weighted by atomic mass is 32.2. The lowest BCUT2D eigenvalue weighted by Gasteiger charge is -2.36. The summed E-state index contributed by atoms with van der Waals surface area (Å²) in [7, 11) is 1.57. The van der Waals surface area contributed by atoms with Crippen molar-refractivity contribution in [2.24, 2.45) is 11.8 Å². The summed E-state index contributed by atoms with van der Waals surface area (Å²) >= 11 is 1.22. The van der Waals surface area contributed by atoms with Crippen molar-refractivity contribution in [2.75, 3.05) is 32.5 Å². The van der Waals surface area contributed by atoms with Crippen LogP contribution in [0, 0.1) is 23.5 Å². The summed E-state index contributed by atoms with van der Waals surface area (Å²) in [6, 6.07) is 10.5. The van der Waals surface area contributed by atoms with E-state index in [4.69, 9.17) is 4.74 Å². The summed E-state index contributed by atoms with van der Waals surface area (Å²) in [6.07, 6.45) is 3.00. The number of hydrogen-bond acceptors (Lipinski definition) is 6. The average Bonchev–Trinajstić information content (AvgIpc) is 2.88. The quantitative estimate of drug-likeness (QED) is 0.291. The number of carbonyl (C=O) groups is 2. The number of benzene rings is 2. The lowest BCUT2D eigenvalue weighted by Crippen LogP contribution is -2.44. The molecule has 1 fully saturated rings. The molecule has 4 rings (SSSR count). The number of carbonyl (C=O) groups excluding carboxylic acids is 1. The fourth-order valence-electron chi connectivity index (χ4n) is 4.72. The van der Waals surface area contributed by atoms with Gasteiger partial charge in [-0.2, -0.15) is 0 Å². The number of carboxylic acid groups (broad SMARTS) is 1. The van der Waals surface area contributed by atoms with Crippen molar-refractivity contribution < 1.29 is 28.2 Å². The number of ketones is 1. The van der Waals surface area contributed by atoms with Crippen LogP contribution in [0.3, 0.4) is 0 Å². The maximum absolute atomic E-state index is 13.8. The topological polar surface area (TPSA) is 79.7 Å². The Kier molecular flexibility index (Phi) is 8.53. The third-order valence-electron chi connectivity index (χ3n) is 6.71. The van der Waals surface area contributed by atoms with Crippen LogP contribution >= 0.6 is 11.8 Å². The maximum atomic E-state index is 13.8. The van der Waals surface area contributed by atoms with Crippen molar-refractivity contribution in [3.8, 4) is 5.75 Å². The van der Waals surface area contributed by atoms with Gasteiger partial charge in [0.25, 0.3) is 0 Å². The molecule has 1 aliphatic rings. The van der Waals surface area contributed by atoms with Gasteiger partial charge in [-0.15, -0.1) is 11.8 Å². The van der Waals surface area contributed by atoms with Crippen LogP contribution in [0.2, 0.25) is 0 Å². The van der Waals surface area contributed by atoms with E-state index in [2.05, 4.69) is 4.98 Å². The molecule has 1 N–H and O–H groups in total. The lowest BCUT2D eigenvalue weighted by atomic mass is 9.81. The van der Waals surface area contributed by atoms with Gasteiger partial charge in [-0.05, 0) is 67.8 Å². The first-order valence-corrected chi connectivity index (χ1v) is 12.8. The Morgan fingerprint density at radius 2 is 2.03 bits per heavy atom. The highest BCUT2D eigenvalue weighted by Crippen LogP contribution is 2.31. The molecule has 9 heteroatoms. The number of Topliss-reactive ketones (excluding diaryl/α,β-unsaturated/α-hetero) is 1. The molecular formula is C27H28F2N2O4S. The summed E-state index contributed by atoms with van der Waals surface area (Å²) in [5.41, 5.74) is 1.26. The van der Waals surface area contributed by atoms with Crippen LogP contribution < -0.4 is 4.74 Å². The monoisotopic (exact) mass is 514 g/mol. The number of halogens is 2. The summed E-state index contributed by atoms with van der Waals surface area (Å²) in [4.78, 5) is 31.7. The number of methoxy groups -OCH3 is 1. The van der Waals surface area contributed by atoms with Crippen LogP contribution in [-0.4, -0.2) is 59.2 Å². The van der Waals surface area contributed by atoms with Gasteiger partial charge in [0, 0.05) is 47.3 Å². The lowest BCUT2D eigenvalue weighted by molar-refractivity contribution is -0.146. The molecule has 0 saturated carbocycles. The van der Waals surface area contributed by atoms with Crippen LogP contribution in [0.15, 0.2) is 53.6 Å². The number of aromatic nitrogens is 1. The molecule has 0 unspecified atom stereocenters. The Labute approximate surface area is 212 Å². The van der Waals surface area contributed by atoms with Gasteiger partial charge in [0.1, 0.15) is 17.4 Å². The molecule has 2 atom stereocenters. The fraction of sp³-hybridized carbons (Fsp3) is 0.370. The summed E-state index contributed by atoms with van der Waals surface area (Å²) in [5.74, 6) is -1.41. The van der Waals surface area contributed by atoms with Crippen LogP contribution in [0.5, 0.6) is 5.75 Å². The molecule has 2 aromatic carbocycles. The van der Waals surface area contributed by atoms with E-state index in [-0.39, 0.29) is 23.0 Å². The molecular weight excluding hydrogens is 486 g/mol. The zero-order valence-electron chi connectivity index (χ0n) is 20.0. The Hall–Kier alpha value is -3.04. The van der Waals surface area contributed by atoms with Crippen LogP contribution in [-0.2, 0) is 4.79 Å². The van der Waals surface area contributed by atoms with Crippen molar-refractivity contribution in [3.63, 3.8) is 0 Å². The molecule has 36 heavy (non-hydrogen) atoms. The SMILES string of the molecule is COc1ccc2nccc(C(=O)CC[C@H]3CCN(CCSc4cc(F)ccc4F)C[C@H]3C(=O)O)c2c1. The van der Waals surface area contributed by atoms with E-state index in [1.165, 1.54) is 17.8 Å². The number of pyridine rings is 1. The maximum Gasteiger partial charge on any atom is 0.308 e. The normalized spacial score (nSPS) is 18.3.